The average Bonchev–Trinajstić information content (AvgIpc) is 2.89. The molecule has 116 valence electrons. The summed E-state index contributed by atoms with van der Waals surface area (Å²) >= 11 is 0. The van der Waals surface area contributed by atoms with E-state index in [1.807, 2.05) is 4.90 Å². The van der Waals surface area contributed by atoms with E-state index in [1.54, 1.807) is 0 Å². The van der Waals surface area contributed by atoms with Crippen LogP contribution in [-0.4, -0.2) is 49.7 Å². The molecular formula is C15H27ClN2O2. The molecular weight excluding hydrogens is 276 g/mol. The van der Waals surface area contributed by atoms with Crippen LogP contribution in [0.25, 0.3) is 0 Å². The highest BCUT2D eigenvalue weighted by Crippen LogP contribution is 2.59. The van der Waals surface area contributed by atoms with Crippen molar-refractivity contribution in [1.29, 1.82) is 0 Å². The quantitative estimate of drug-likeness (QED) is 0.861. The molecule has 1 N–H and O–H groups in total. The summed E-state index contributed by atoms with van der Waals surface area (Å²) in [4.78, 5) is 14.7. The first kappa shape index (κ1) is 16.1. The van der Waals surface area contributed by atoms with Gasteiger partial charge in [0.15, 0.2) is 0 Å². The fraction of sp³-hybridized carbons (Fsp3) is 0.933. The van der Waals surface area contributed by atoms with Crippen LogP contribution in [0.2, 0.25) is 0 Å². The molecule has 1 amide bonds. The molecule has 1 aliphatic carbocycles. The Morgan fingerprint density at radius 2 is 2.15 bits per heavy atom. The summed E-state index contributed by atoms with van der Waals surface area (Å²) in [5.74, 6) is 0.691. The van der Waals surface area contributed by atoms with Gasteiger partial charge in [0, 0.05) is 25.6 Å². The predicted molar refractivity (Wildman–Crippen MR) is 81.1 cm³/mol. The smallest absolute Gasteiger partial charge is 0.226 e. The van der Waals surface area contributed by atoms with Crippen LogP contribution in [0, 0.1) is 11.3 Å². The number of hydrogen-bond donors (Lipinski definition) is 1. The number of nitrogens with zero attached hydrogens (tertiary/aromatic N) is 1. The van der Waals surface area contributed by atoms with Gasteiger partial charge in [-0.2, -0.15) is 0 Å². The van der Waals surface area contributed by atoms with Gasteiger partial charge in [0.25, 0.3) is 0 Å². The van der Waals surface area contributed by atoms with Crippen molar-refractivity contribution in [3.8, 4) is 0 Å². The zero-order chi connectivity index (χ0) is 13.3. The maximum Gasteiger partial charge on any atom is 0.226 e. The van der Waals surface area contributed by atoms with Gasteiger partial charge in [-0.3, -0.25) is 4.79 Å². The number of carbonyl (C=O) groups excluding carboxylic acids is 1. The molecule has 2 saturated heterocycles. The number of rotatable bonds is 4. The summed E-state index contributed by atoms with van der Waals surface area (Å²) in [6, 6.07) is 0. The third-order valence-corrected chi connectivity index (χ3v) is 5.23. The van der Waals surface area contributed by atoms with E-state index in [0.29, 0.717) is 17.2 Å². The van der Waals surface area contributed by atoms with Gasteiger partial charge in [0.05, 0.1) is 6.10 Å². The Morgan fingerprint density at radius 1 is 1.40 bits per heavy atom. The second kappa shape index (κ2) is 6.63. The Morgan fingerprint density at radius 3 is 2.75 bits per heavy atom. The van der Waals surface area contributed by atoms with Gasteiger partial charge in [0.2, 0.25) is 5.91 Å². The zero-order valence-electron chi connectivity index (χ0n) is 12.4. The number of ether oxygens (including phenoxy) is 1. The van der Waals surface area contributed by atoms with E-state index in [4.69, 9.17) is 4.74 Å². The van der Waals surface area contributed by atoms with E-state index < -0.39 is 0 Å². The summed E-state index contributed by atoms with van der Waals surface area (Å²) in [6.45, 7) is 6.76. The number of nitrogens with one attached hydrogen (secondary N) is 1. The second-order valence-electron chi connectivity index (χ2n) is 6.38. The molecule has 3 aliphatic rings. The molecule has 3 fully saturated rings. The van der Waals surface area contributed by atoms with E-state index in [0.717, 1.165) is 52.0 Å². The van der Waals surface area contributed by atoms with Crippen molar-refractivity contribution >= 4 is 18.3 Å². The van der Waals surface area contributed by atoms with Gasteiger partial charge in [-0.1, -0.05) is 0 Å². The Balaban J connectivity index is 0.00000147. The van der Waals surface area contributed by atoms with Crippen molar-refractivity contribution in [3.63, 3.8) is 0 Å². The fourth-order valence-corrected chi connectivity index (χ4v) is 3.80. The number of hydrogen-bond acceptors (Lipinski definition) is 3. The Kier molecular flexibility index (Phi) is 5.32. The first-order valence-electron chi connectivity index (χ1n) is 7.86. The molecule has 1 spiro atoms. The number of carbonyl (C=O) groups is 1. The van der Waals surface area contributed by atoms with Gasteiger partial charge < -0.3 is 15.0 Å². The Labute approximate surface area is 128 Å². The van der Waals surface area contributed by atoms with Crippen molar-refractivity contribution in [2.45, 2.75) is 45.1 Å². The molecule has 0 aromatic rings. The molecule has 0 radical (unpaired) electrons. The maximum atomic E-state index is 12.6. The molecule has 1 saturated carbocycles. The minimum atomic E-state index is 0. The monoisotopic (exact) mass is 302 g/mol. The Hall–Kier alpha value is -0.320. The fourth-order valence-electron chi connectivity index (χ4n) is 3.80. The molecule has 0 bridgehead atoms. The molecule has 2 atom stereocenters. The summed E-state index contributed by atoms with van der Waals surface area (Å²) in [5, 5.41) is 3.40. The third-order valence-electron chi connectivity index (χ3n) is 5.23. The second-order valence-corrected chi connectivity index (χ2v) is 6.38. The Bertz CT molecular complexity index is 339. The highest BCUT2D eigenvalue weighted by molar-refractivity contribution is 5.85. The molecule has 0 aromatic carbocycles. The average molecular weight is 303 g/mol. The van der Waals surface area contributed by atoms with Gasteiger partial charge in [0.1, 0.15) is 0 Å². The molecule has 20 heavy (non-hydrogen) atoms. The number of halogens is 1. The van der Waals surface area contributed by atoms with Crippen LogP contribution in [0.5, 0.6) is 0 Å². The molecule has 4 nitrogen and oxygen atoms in total. The standard InChI is InChI=1S/C15H26N2O2.ClH/c1-2-17(11-12-4-3-9-19-12)14(18)13-10-15(13)5-7-16-8-6-15;/h12-13,16H,2-11H2,1H3;1H. The van der Waals surface area contributed by atoms with Crippen LogP contribution in [0.3, 0.4) is 0 Å². The van der Waals surface area contributed by atoms with E-state index >= 15 is 0 Å². The lowest BCUT2D eigenvalue weighted by atomic mass is 9.91. The van der Waals surface area contributed by atoms with Crippen LogP contribution in [0.1, 0.15) is 39.0 Å². The van der Waals surface area contributed by atoms with Gasteiger partial charge in [-0.25, -0.2) is 0 Å². The molecule has 2 unspecified atom stereocenters. The number of piperidine rings is 1. The highest BCUT2D eigenvalue weighted by atomic mass is 35.5. The van der Waals surface area contributed by atoms with E-state index in [-0.39, 0.29) is 18.5 Å². The summed E-state index contributed by atoms with van der Waals surface area (Å²) in [7, 11) is 0. The first-order valence-corrected chi connectivity index (χ1v) is 7.86. The minimum absolute atomic E-state index is 0. The highest BCUT2D eigenvalue weighted by Gasteiger charge is 2.58. The third kappa shape index (κ3) is 3.12. The van der Waals surface area contributed by atoms with Crippen molar-refractivity contribution in [2.24, 2.45) is 11.3 Å². The lowest BCUT2D eigenvalue weighted by Crippen LogP contribution is -2.40. The first-order chi connectivity index (χ1) is 9.25. The normalized spacial score (nSPS) is 30.9. The minimum Gasteiger partial charge on any atom is -0.376 e. The predicted octanol–water partition coefficient (Wildman–Crippen LogP) is 1.83. The number of likely N-dealkylation sites (N-methyl/N-ethyl adjacent to an activating group) is 1. The van der Waals surface area contributed by atoms with Crippen LogP contribution < -0.4 is 5.32 Å². The molecule has 5 heteroatoms. The lowest BCUT2D eigenvalue weighted by Gasteiger charge is -2.27. The van der Waals surface area contributed by atoms with Crippen molar-refractivity contribution in [2.75, 3.05) is 32.8 Å². The van der Waals surface area contributed by atoms with Crippen molar-refractivity contribution in [1.82, 2.24) is 10.2 Å². The van der Waals surface area contributed by atoms with Crippen LogP contribution >= 0.6 is 12.4 Å². The SMILES string of the molecule is CCN(CC1CCCO1)C(=O)C1CC12CCNCC2.Cl. The summed E-state index contributed by atoms with van der Waals surface area (Å²) in [5.41, 5.74) is 0.353. The van der Waals surface area contributed by atoms with Gasteiger partial charge in [-0.15, -0.1) is 12.4 Å². The van der Waals surface area contributed by atoms with E-state index in [9.17, 15) is 4.79 Å². The summed E-state index contributed by atoms with van der Waals surface area (Å²) < 4.78 is 5.67. The van der Waals surface area contributed by atoms with E-state index in [1.165, 1.54) is 12.8 Å². The van der Waals surface area contributed by atoms with E-state index in [2.05, 4.69) is 12.2 Å². The molecule has 0 aromatic heterocycles. The van der Waals surface area contributed by atoms with Gasteiger partial charge in [-0.05, 0) is 57.5 Å². The largest absolute Gasteiger partial charge is 0.376 e. The summed E-state index contributed by atoms with van der Waals surface area (Å²) in [6.07, 6.45) is 6.03. The van der Waals surface area contributed by atoms with Crippen LogP contribution in [-0.2, 0) is 9.53 Å². The maximum absolute atomic E-state index is 12.6. The molecule has 3 rings (SSSR count). The lowest BCUT2D eigenvalue weighted by molar-refractivity contribution is -0.135. The van der Waals surface area contributed by atoms with Crippen LogP contribution in [0.4, 0.5) is 0 Å². The zero-order valence-corrected chi connectivity index (χ0v) is 13.2. The molecule has 2 heterocycles. The molecule has 2 aliphatic heterocycles. The topological polar surface area (TPSA) is 41.6 Å². The number of amides is 1. The van der Waals surface area contributed by atoms with Crippen molar-refractivity contribution in [3.05, 3.63) is 0 Å². The van der Waals surface area contributed by atoms with Crippen LogP contribution in [0.15, 0.2) is 0 Å². The van der Waals surface area contributed by atoms with Gasteiger partial charge >= 0.3 is 0 Å². The van der Waals surface area contributed by atoms with Crippen molar-refractivity contribution < 1.29 is 9.53 Å².